The molecule has 1 aromatic rings. The molecule has 0 spiro atoms. The molecule has 0 aliphatic heterocycles. The number of carbonyl (C=O) groups excluding carboxylic acids is 1. The third-order valence-electron chi connectivity index (χ3n) is 2.25. The van der Waals surface area contributed by atoms with Crippen molar-refractivity contribution in [2.24, 2.45) is 0 Å². The zero-order valence-electron chi connectivity index (χ0n) is 9.47. The van der Waals surface area contributed by atoms with Gasteiger partial charge in [-0.2, -0.15) is 0 Å². The summed E-state index contributed by atoms with van der Waals surface area (Å²) in [4.78, 5) is 11.6. The summed E-state index contributed by atoms with van der Waals surface area (Å²) in [5.74, 6) is -0.409. The Balaban J connectivity index is 2.89. The van der Waals surface area contributed by atoms with Crippen LogP contribution in [-0.4, -0.2) is 31.4 Å². The van der Waals surface area contributed by atoms with Crippen LogP contribution in [0.15, 0.2) is 24.3 Å². The van der Waals surface area contributed by atoms with E-state index in [0.29, 0.717) is 17.9 Å². The first-order valence-corrected chi connectivity index (χ1v) is 5.14. The van der Waals surface area contributed by atoms with Gasteiger partial charge in [0.25, 0.3) is 0 Å². The summed E-state index contributed by atoms with van der Waals surface area (Å²) in [5.41, 5.74) is 0.695. The Morgan fingerprint density at radius 2 is 2.25 bits per heavy atom. The van der Waals surface area contributed by atoms with E-state index in [-0.39, 0.29) is 6.61 Å². The molecule has 0 heterocycles. The van der Waals surface area contributed by atoms with Crippen molar-refractivity contribution in [3.8, 4) is 5.75 Å². The summed E-state index contributed by atoms with van der Waals surface area (Å²) < 4.78 is 9.94. The van der Waals surface area contributed by atoms with Crippen molar-refractivity contribution < 1.29 is 19.4 Å². The monoisotopic (exact) mass is 224 g/mol. The van der Waals surface area contributed by atoms with Gasteiger partial charge >= 0.3 is 5.97 Å². The quantitative estimate of drug-likeness (QED) is 0.767. The van der Waals surface area contributed by atoms with Crippen LogP contribution in [0.3, 0.4) is 0 Å². The first-order chi connectivity index (χ1) is 7.72. The molecule has 1 aromatic carbocycles. The van der Waals surface area contributed by atoms with Gasteiger partial charge in [-0.15, -0.1) is 0 Å². The van der Waals surface area contributed by atoms with Gasteiger partial charge in [0.2, 0.25) is 0 Å². The number of aliphatic hydroxyl groups excluding tert-OH is 1. The van der Waals surface area contributed by atoms with Crippen LogP contribution < -0.4 is 4.74 Å². The van der Waals surface area contributed by atoms with E-state index < -0.39 is 11.9 Å². The predicted molar refractivity (Wildman–Crippen MR) is 59.5 cm³/mol. The summed E-state index contributed by atoms with van der Waals surface area (Å²) in [5, 5.41) is 9.20. The second-order valence-corrected chi connectivity index (χ2v) is 3.26. The van der Waals surface area contributed by atoms with Crippen molar-refractivity contribution in [3.05, 3.63) is 29.8 Å². The minimum atomic E-state index is -0.643. The number of esters is 1. The SMILES string of the molecule is CCOC(=O)C(CO)c1cccc(OC)c1. The Labute approximate surface area is 94.8 Å². The first-order valence-electron chi connectivity index (χ1n) is 5.14. The number of aliphatic hydroxyl groups is 1. The van der Waals surface area contributed by atoms with Crippen LogP contribution in [0.2, 0.25) is 0 Å². The van der Waals surface area contributed by atoms with Crippen LogP contribution in [0.5, 0.6) is 5.75 Å². The van der Waals surface area contributed by atoms with E-state index in [2.05, 4.69) is 0 Å². The molecule has 0 saturated carbocycles. The largest absolute Gasteiger partial charge is 0.497 e. The topological polar surface area (TPSA) is 55.8 Å². The Bertz CT molecular complexity index is 349. The molecule has 0 saturated heterocycles. The molecule has 0 aliphatic carbocycles. The van der Waals surface area contributed by atoms with E-state index in [1.165, 1.54) is 0 Å². The van der Waals surface area contributed by atoms with Crippen molar-refractivity contribution in [1.82, 2.24) is 0 Å². The molecule has 0 amide bonds. The highest BCUT2D eigenvalue weighted by atomic mass is 16.5. The molecule has 1 rings (SSSR count). The van der Waals surface area contributed by atoms with Crippen LogP contribution in [-0.2, 0) is 9.53 Å². The number of methoxy groups -OCH3 is 1. The Kier molecular flexibility index (Phi) is 4.79. The molecule has 0 fully saturated rings. The number of carbonyl (C=O) groups is 1. The molecule has 0 radical (unpaired) electrons. The maximum absolute atomic E-state index is 11.6. The average Bonchev–Trinajstić information content (AvgIpc) is 2.31. The lowest BCUT2D eigenvalue weighted by molar-refractivity contribution is -0.145. The Hall–Kier alpha value is -1.55. The van der Waals surface area contributed by atoms with Crippen molar-refractivity contribution in [2.45, 2.75) is 12.8 Å². The first kappa shape index (κ1) is 12.5. The van der Waals surface area contributed by atoms with Gasteiger partial charge in [-0.25, -0.2) is 0 Å². The maximum Gasteiger partial charge on any atom is 0.315 e. The van der Waals surface area contributed by atoms with E-state index in [4.69, 9.17) is 9.47 Å². The molecule has 0 aliphatic rings. The summed E-state index contributed by atoms with van der Waals surface area (Å²) in [6, 6.07) is 7.04. The van der Waals surface area contributed by atoms with E-state index in [1.807, 2.05) is 0 Å². The van der Waals surface area contributed by atoms with Gasteiger partial charge in [-0.1, -0.05) is 12.1 Å². The van der Waals surface area contributed by atoms with E-state index in [9.17, 15) is 9.90 Å². The minimum Gasteiger partial charge on any atom is -0.497 e. The van der Waals surface area contributed by atoms with Crippen LogP contribution >= 0.6 is 0 Å². The fraction of sp³-hybridized carbons (Fsp3) is 0.417. The minimum absolute atomic E-state index is 0.272. The lowest BCUT2D eigenvalue weighted by Gasteiger charge is -2.13. The van der Waals surface area contributed by atoms with Crippen LogP contribution in [0.4, 0.5) is 0 Å². The zero-order valence-corrected chi connectivity index (χ0v) is 9.47. The molecule has 16 heavy (non-hydrogen) atoms. The lowest BCUT2D eigenvalue weighted by atomic mass is 10.00. The van der Waals surface area contributed by atoms with Gasteiger partial charge < -0.3 is 14.6 Å². The molecular formula is C12H16O4. The second-order valence-electron chi connectivity index (χ2n) is 3.26. The molecule has 4 nitrogen and oxygen atoms in total. The Morgan fingerprint density at radius 1 is 1.50 bits per heavy atom. The molecule has 1 N–H and O–H groups in total. The number of rotatable bonds is 5. The number of benzene rings is 1. The van der Waals surface area contributed by atoms with Crippen molar-refractivity contribution in [1.29, 1.82) is 0 Å². The lowest BCUT2D eigenvalue weighted by Crippen LogP contribution is -2.19. The number of ether oxygens (including phenoxy) is 2. The third-order valence-corrected chi connectivity index (χ3v) is 2.25. The molecule has 1 atom stereocenters. The van der Waals surface area contributed by atoms with Gasteiger partial charge in [0.15, 0.2) is 0 Å². The molecule has 4 heteroatoms. The van der Waals surface area contributed by atoms with E-state index in [1.54, 1.807) is 38.3 Å². The highest BCUT2D eigenvalue weighted by Gasteiger charge is 2.21. The molecular weight excluding hydrogens is 208 g/mol. The van der Waals surface area contributed by atoms with E-state index in [0.717, 1.165) is 0 Å². The fourth-order valence-corrected chi connectivity index (χ4v) is 1.42. The number of hydrogen-bond acceptors (Lipinski definition) is 4. The molecule has 0 bridgehead atoms. The van der Waals surface area contributed by atoms with Crippen LogP contribution in [0.25, 0.3) is 0 Å². The maximum atomic E-state index is 11.6. The highest BCUT2D eigenvalue weighted by molar-refractivity contribution is 5.78. The van der Waals surface area contributed by atoms with Gasteiger partial charge in [-0.05, 0) is 24.6 Å². The normalized spacial score (nSPS) is 11.9. The standard InChI is InChI=1S/C12H16O4/c1-3-16-12(14)11(8-13)9-5-4-6-10(7-9)15-2/h4-7,11,13H,3,8H2,1-2H3. The van der Waals surface area contributed by atoms with Gasteiger partial charge in [-0.3, -0.25) is 4.79 Å². The smallest absolute Gasteiger partial charge is 0.315 e. The van der Waals surface area contributed by atoms with Gasteiger partial charge in [0.1, 0.15) is 11.7 Å². The van der Waals surface area contributed by atoms with Gasteiger partial charge in [0, 0.05) is 0 Å². The van der Waals surface area contributed by atoms with Crippen molar-refractivity contribution in [3.63, 3.8) is 0 Å². The highest BCUT2D eigenvalue weighted by Crippen LogP contribution is 2.21. The zero-order chi connectivity index (χ0) is 12.0. The van der Waals surface area contributed by atoms with Gasteiger partial charge in [0.05, 0.1) is 20.3 Å². The second kappa shape index (κ2) is 6.12. The van der Waals surface area contributed by atoms with Crippen molar-refractivity contribution in [2.75, 3.05) is 20.3 Å². The molecule has 0 aromatic heterocycles. The molecule has 88 valence electrons. The van der Waals surface area contributed by atoms with Crippen LogP contribution in [0.1, 0.15) is 18.4 Å². The van der Waals surface area contributed by atoms with Crippen molar-refractivity contribution >= 4 is 5.97 Å². The summed E-state index contributed by atoms with van der Waals surface area (Å²) >= 11 is 0. The predicted octanol–water partition coefficient (Wildman–Crippen LogP) is 1.33. The third kappa shape index (κ3) is 2.97. The number of hydrogen-bond donors (Lipinski definition) is 1. The Morgan fingerprint density at radius 3 is 2.81 bits per heavy atom. The average molecular weight is 224 g/mol. The summed E-state index contributed by atoms with van der Waals surface area (Å²) in [6.45, 7) is 1.77. The fourth-order valence-electron chi connectivity index (χ4n) is 1.42. The van der Waals surface area contributed by atoms with Crippen LogP contribution in [0, 0.1) is 0 Å². The molecule has 1 unspecified atom stereocenters. The summed E-state index contributed by atoms with van der Waals surface area (Å²) in [6.07, 6.45) is 0. The van der Waals surface area contributed by atoms with E-state index >= 15 is 0 Å². The summed E-state index contributed by atoms with van der Waals surface area (Å²) in [7, 11) is 1.55.